The predicted molar refractivity (Wildman–Crippen MR) is 131 cm³/mol. The van der Waals surface area contributed by atoms with Crippen molar-refractivity contribution in [2.75, 3.05) is 26.2 Å². The Bertz CT molecular complexity index is 1040. The standard InChI is InChI=1S/C25H32ClN3O3S/c26-24-9-7-20(8-10-24)19-33(31,32)29-15-11-21(12-16-29)25(30)27-17-22-5-1-2-6-23(22)18-28-13-3-4-14-28/h1-2,5-10,21H,3-4,11-19H2,(H,27,30). The Morgan fingerprint density at radius 1 is 0.939 bits per heavy atom. The highest BCUT2D eigenvalue weighted by atomic mass is 35.5. The zero-order valence-corrected chi connectivity index (χ0v) is 20.5. The summed E-state index contributed by atoms with van der Waals surface area (Å²) < 4.78 is 27.1. The number of hydrogen-bond donors (Lipinski definition) is 1. The van der Waals surface area contributed by atoms with E-state index >= 15 is 0 Å². The maximum atomic E-state index is 12.8. The number of rotatable bonds is 8. The van der Waals surface area contributed by atoms with E-state index in [-0.39, 0.29) is 17.6 Å². The number of nitrogens with zero attached hydrogens (tertiary/aromatic N) is 2. The van der Waals surface area contributed by atoms with E-state index in [0.717, 1.165) is 25.2 Å². The summed E-state index contributed by atoms with van der Waals surface area (Å²) in [5.41, 5.74) is 3.13. The third-order valence-corrected chi connectivity index (χ3v) is 8.75. The van der Waals surface area contributed by atoms with Crippen LogP contribution in [0.25, 0.3) is 0 Å². The highest BCUT2D eigenvalue weighted by molar-refractivity contribution is 7.88. The quantitative estimate of drug-likeness (QED) is 0.612. The number of piperidine rings is 1. The summed E-state index contributed by atoms with van der Waals surface area (Å²) in [5, 5.41) is 3.68. The molecular weight excluding hydrogens is 458 g/mol. The van der Waals surface area contributed by atoms with Crippen LogP contribution in [0.3, 0.4) is 0 Å². The number of hydrogen-bond acceptors (Lipinski definition) is 4. The van der Waals surface area contributed by atoms with Crippen molar-refractivity contribution < 1.29 is 13.2 Å². The molecule has 1 N–H and O–H groups in total. The molecule has 1 amide bonds. The highest BCUT2D eigenvalue weighted by Crippen LogP contribution is 2.23. The molecule has 2 aliphatic rings. The highest BCUT2D eigenvalue weighted by Gasteiger charge is 2.31. The lowest BCUT2D eigenvalue weighted by atomic mass is 9.97. The van der Waals surface area contributed by atoms with Gasteiger partial charge >= 0.3 is 0 Å². The van der Waals surface area contributed by atoms with Crippen molar-refractivity contribution in [1.82, 2.24) is 14.5 Å². The second-order valence-corrected chi connectivity index (χ2v) is 11.4. The number of halogens is 1. The third kappa shape index (κ3) is 6.57. The van der Waals surface area contributed by atoms with Crippen LogP contribution in [0.1, 0.15) is 42.4 Å². The van der Waals surface area contributed by atoms with Gasteiger partial charge in [0.05, 0.1) is 5.75 Å². The molecule has 33 heavy (non-hydrogen) atoms. The van der Waals surface area contributed by atoms with Crippen molar-refractivity contribution in [3.63, 3.8) is 0 Å². The Kier molecular flexibility index (Phi) is 8.07. The second kappa shape index (κ2) is 11.0. The van der Waals surface area contributed by atoms with Crippen LogP contribution >= 0.6 is 11.6 Å². The van der Waals surface area contributed by atoms with Crippen LogP contribution in [-0.2, 0) is 33.7 Å². The van der Waals surface area contributed by atoms with Gasteiger partial charge in [-0.25, -0.2) is 12.7 Å². The molecule has 2 aromatic carbocycles. The van der Waals surface area contributed by atoms with E-state index in [2.05, 4.69) is 28.4 Å². The molecule has 2 heterocycles. The summed E-state index contributed by atoms with van der Waals surface area (Å²) in [6.45, 7) is 4.47. The molecule has 0 bridgehead atoms. The van der Waals surface area contributed by atoms with E-state index in [9.17, 15) is 13.2 Å². The van der Waals surface area contributed by atoms with Gasteiger partial charge in [0.2, 0.25) is 15.9 Å². The van der Waals surface area contributed by atoms with Crippen LogP contribution in [0.5, 0.6) is 0 Å². The topological polar surface area (TPSA) is 69.7 Å². The molecule has 0 spiro atoms. The Morgan fingerprint density at radius 3 is 2.24 bits per heavy atom. The fraction of sp³-hybridized carbons (Fsp3) is 0.480. The number of benzene rings is 2. The van der Waals surface area contributed by atoms with Gasteiger partial charge in [-0.3, -0.25) is 9.69 Å². The van der Waals surface area contributed by atoms with Crippen molar-refractivity contribution in [1.29, 1.82) is 0 Å². The van der Waals surface area contributed by atoms with Crippen LogP contribution in [0.15, 0.2) is 48.5 Å². The fourth-order valence-corrected chi connectivity index (χ4v) is 6.36. The Balaban J connectivity index is 1.27. The maximum Gasteiger partial charge on any atom is 0.223 e. The number of carbonyl (C=O) groups is 1. The average Bonchev–Trinajstić information content (AvgIpc) is 3.33. The zero-order valence-electron chi connectivity index (χ0n) is 18.9. The molecule has 0 atom stereocenters. The molecule has 178 valence electrons. The molecular formula is C25H32ClN3O3S. The Labute approximate surface area is 202 Å². The second-order valence-electron chi connectivity index (χ2n) is 9.03. The molecule has 2 saturated heterocycles. The van der Waals surface area contributed by atoms with Crippen LogP contribution < -0.4 is 5.32 Å². The van der Waals surface area contributed by atoms with Crippen molar-refractivity contribution in [2.45, 2.75) is 44.5 Å². The summed E-state index contributed by atoms with van der Waals surface area (Å²) in [5.74, 6) is -0.187. The minimum Gasteiger partial charge on any atom is -0.352 e. The summed E-state index contributed by atoms with van der Waals surface area (Å²) in [6.07, 6.45) is 3.60. The van der Waals surface area contributed by atoms with Gasteiger partial charge in [-0.2, -0.15) is 0 Å². The monoisotopic (exact) mass is 489 g/mol. The Hall–Kier alpha value is -1.93. The van der Waals surface area contributed by atoms with Gasteiger partial charge < -0.3 is 5.32 Å². The lowest BCUT2D eigenvalue weighted by Crippen LogP contribution is -2.43. The Morgan fingerprint density at radius 2 is 1.58 bits per heavy atom. The van der Waals surface area contributed by atoms with Gasteiger partial charge in [0, 0.05) is 37.1 Å². The first-order valence-corrected chi connectivity index (χ1v) is 13.7. The number of likely N-dealkylation sites (tertiary alicyclic amines) is 1. The van der Waals surface area contributed by atoms with Gasteiger partial charge in [-0.05, 0) is 67.6 Å². The lowest BCUT2D eigenvalue weighted by molar-refractivity contribution is -0.126. The average molecular weight is 490 g/mol. The molecule has 0 aromatic heterocycles. The smallest absolute Gasteiger partial charge is 0.223 e. The van der Waals surface area contributed by atoms with Crippen LogP contribution in [-0.4, -0.2) is 49.7 Å². The summed E-state index contributed by atoms with van der Waals surface area (Å²) in [7, 11) is -3.42. The molecule has 6 nitrogen and oxygen atoms in total. The van der Waals surface area contributed by atoms with E-state index < -0.39 is 10.0 Å². The number of amides is 1. The molecule has 0 aliphatic carbocycles. The molecule has 8 heteroatoms. The molecule has 2 aliphatic heterocycles. The summed E-state index contributed by atoms with van der Waals surface area (Å²) >= 11 is 5.89. The SMILES string of the molecule is O=C(NCc1ccccc1CN1CCCC1)C1CCN(S(=O)(=O)Cc2ccc(Cl)cc2)CC1. The van der Waals surface area contributed by atoms with Crippen molar-refractivity contribution in [3.05, 3.63) is 70.2 Å². The molecule has 2 aromatic rings. The van der Waals surface area contributed by atoms with E-state index in [4.69, 9.17) is 11.6 Å². The van der Waals surface area contributed by atoms with Gasteiger partial charge in [-0.1, -0.05) is 48.0 Å². The van der Waals surface area contributed by atoms with E-state index in [0.29, 0.717) is 43.1 Å². The zero-order chi connectivity index (χ0) is 23.3. The summed E-state index contributed by atoms with van der Waals surface area (Å²) in [4.78, 5) is 15.3. The van der Waals surface area contributed by atoms with Gasteiger partial charge in [0.15, 0.2) is 0 Å². The van der Waals surface area contributed by atoms with Crippen molar-refractivity contribution in [2.24, 2.45) is 5.92 Å². The van der Waals surface area contributed by atoms with E-state index in [1.807, 2.05) is 6.07 Å². The van der Waals surface area contributed by atoms with Gasteiger partial charge in [-0.15, -0.1) is 0 Å². The maximum absolute atomic E-state index is 12.8. The third-order valence-electron chi connectivity index (χ3n) is 6.64. The predicted octanol–water partition coefficient (Wildman–Crippen LogP) is 3.79. The molecule has 0 unspecified atom stereocenters. The first-order chi connectivity index (χ1) is 15.9. The minimum absolute atomic E-state index is 0.0146. The molecule has 0 saturated carbocycles. The largest absolute Gasteiger partial charge is 0.352 e. The number of sulfonamides is 1. The van der Waals surface area contributed by atoms with E-state index in [1.165, 1.54) is 22.7 Å². The van der Waals surface area contributed by atoms with Crippen molar-refractivity contribution >= 4 is 27.5 Å². The van der Waals surface area contributed by atoms with Gasteiger partial charge in [0.1, 0.15) is 0 Å². The molecule has 4 rings (SSSR count). The summed E-state index contributed by atoms with van der Waals surface area (Å²) in [6, 6.07) is 15.2. The van der Waals surface area contributed by atoms with Crippen LogP contribution in [0.2, 0.25) is 5.02 Å². The normalized spacial score (nSPS) is 18.5. The van der Waals surface area contributed by atoms with Gasteiger partial charge in [0.25, 0.3) is 0 Å². The molecule has 2 fully saturated rings. The lowest BCUT2D eigenvalue weighted by Gasteiger charge is -2.30. The first-order valence-electron chi connectivity index (χ1n) is 11.7. The molecule has 0 radical (unpaired) electrons. The minimum atomic E-state index is -3.42. The fourth-order valence-electron chi connectivity index (χ4n) is 4.67. The van der Waals surface area contributed by atoms with Crippen LogP contribution in [0, 0.1) is 5.92 Å². The number of carbonyl (C=O) groups excluding carboxylic acids is 1. The number of nitrogens with one attached hydrogen (secondary N) is 1. The van der Waals surface area contributed by atoms with E-state index in [1.54, 1.807) is 24.3 Å². The van der Waals surface area contributed by atoms with Crippen molar-refractivity contribution in [3.8, 4) is 0 Å². The first kappa shape index (κ1) is 24.2. The van der Waals surface area contributed by atoms with Crippen LogP contribution in [0.4, 0.5) is 0 Å².